The minimum atomic E-state index is -3.60. The second-order valence-corrected chi connectivity index (χ2v) is 12.0. The van der Waals surface area contributed by atoms with Crippen LogP contribution in [-0.2, 0) is 22.0 Å². The van der Waals surface area contributed by atoms with Gasteiger partial charge in [-0.2, -0.15) is 0 Å². The number of ether oxygens (including phenoxy) is 2. The van der Waals surface area contributed by atoms with Gasteiger partial charge in [0.2, 0.25) is 0 Å². The summed E-state index contributed by atoms with van der Waals surface area (Å²) in [6, 6.07) is 18.5. The summed E-state index contributed by atoms with van der Waals surface area (Å²) in [5.41, 5.74) is 4.16. The Hall–Kier alpha value is -3.52. The molecule has 0 aliphatic carbocycles. The molecule has 0 N–H and O–H groups in total. The number of rotatable bonds is 10. The highest BCUT2D eigenvalue weighted by molar-refractivity contribution is 7.90. The molecule has 1 fully saturated rings. The molecule has 3 aromatic carbocycles. The summed E-state index contributed by atoms with van der Waals surface area (Å²) in [6.07, 6.45) is 3.23. The van der Waals surface area contributed by atoms with Crippen molar-refractivity contribution in [2.24, 2.45) is 0 Å². The Morgan fingerprint density at radius 1 is 0.846 bits per heavy atom. The molecule has 0 saturated carbocycles. The van der Waals surface area contributed by atoms with E-state index < -0.39 is 9.84 Å². The first-order chi connectivity index (χ1) is 18.7. The maximum Gasteiger partial charge on any atom is 0.254 e. The molecule has 0 radical (unpaired) electrons. The van der Waals surface area contributed by atoms with Crippen LogP contribution in [0.2, 0.25) is 0 Å². The molecule has 0 atom stereocenters. The Bertz CT molecular complexity index is 1390. The van der Waals surface area contributed by atoms with E-state index in [1.54, 1.807) is 37.3 Å². The van der Waals surface area contributed by atoms with Crippen LogP contribution < -0.4 is 14.4 Å². The third-order valence-electron chi connectivity index (χ3n) is 7.30. The monoisotopic (exact) mass is 550 g/mol. The number of methoxy groups -OCH3 is 2. The van der Waals surface area contributed by atoms with E-state index in [2.05, 4.69) is 11.8 Å². The van der Waals surface area contributed by atoms with Gasteiger partial charge in [0.25, 0.3) is 5.91 Å². The number of sulfone groups is 1. The van der Waals surface area contributed by atoms with Crippen LogP contribution in [0, 0.1) is 6.92 Å². The molecule has 1 aliphatic heterocycles. The van der Waals surface area contributed by atoms with Gasteiger partial charge in [0.15, 0.2) is 21.3 Å². The second kappa shape index (κ2) is 12.6. The fourth-order valence-electron chi connectivity index (χ4n) is 4.87. The SMILES string of the molecule is CCCCc1ccc(CS(=O)(=O)c2ccc(C)c(C(=O)N3CCN(c4ccc(OC)c(OC)c4)CC3)c2)cc1. The molecule has 0 aromatic heterocycles. The quantitative estimate of drug-likeness (QED) is 0.341. The predicted molar refractivity (Wildman–Crippen MR) is 155 cm³/mol. The zero-order valence-electron chi connectivity index (χ0n) is 23.3. The summed E-state index contributed by atoms with van der Waals surface area (Å²) < 4.78 is 37.3. The molecule has 0 bridgehead atoms. The lowest BCUT2D eigenvalue weighted by Gasteiger charge is -2.36. The molecule has 0 unspecified atom stereocenters. The van der Waals surface area contributed by atoms with E-state index in [1.807, 2.05) is 49.4 Å². The minimum Gasteiger partial charge on any atom is -0.493 e. The molecule has 39 heavy (non-hydrogen) atoms. The number of amides is 1. The van der Waals surface area contributed by atoms with Gasteiger partial charge in [-0.3, -0.25) is 4.79 Å². The average molecular weight is 551 g/mol. The zero-order valence-corrected chi connectivity index (χ0v) is 24.1. The lowest BCUT2D eigenvalue weighted by atomic mass is 10.1. The molecule has 8 heteroatoms. The fraction of sp³-hybridized carbons (Fsp3) is 0.387. The van der Waals surface area contributed by atoms with Crippen molar-refractivity contribution in [1.82, 2.24) is 4.90 Å². The molecule has 1 saturated heterocycles. The van der Waals surface area contributed by atoms with Gasteiger partial charge >= 0.3 is 0 Å². The highest BCUT2D eigenvalue weighted by Gasteiger charge is 2.26. The van der Waals surface area contributed by atoms with Crippen molar-refractivity contribution in [3.8, 4) is 11.5 Å². The minimum absolute atomic E-state index is 0.0955. The van der Waals surface area contributed by atoms with Crippen LogP contribution in [0.15, 0.2) is 65.6 Å². The molecule has 1 heterocycles. The molecular weight excluding hydrogens is 512 g/mol. The number of anilines is 1. The van der Waals surface area contributed by atoms with Gasteiger partial charge in [-0.25, -0.2) is 8.42 Å². The molecule has 208 valence electrons. The number of benzene rings is 3. The summed E-state index contributed by atoms with van der Waals surface area (Å²) in [5.74, 6) is 1.10. The number of carbonyl (C=O) groups excluding carboxylic acids is 1. The lowest BCUT2D eigenvalue weighted by molar-refractivity contribution is 0.0745. The van der Waals surface area contributed by atoms with Crippen LogP contribution in [0.25, 0.3) is 0 Å². The summed E-state index contributed by atoms with van der Waals surface area (Å²) in [4.78, 5) is 17.7. The van der Waals surface area contributed by atoms with Crippen molar-refractivity contribution in [1.29, 1.82) is 0 Å². The van der Waals surface area contributed by atoms with Gasteiger partial charge in [0, 0.05) is 43.5 Å². The number of aryl methyl sites for hydroxylation is 2. The van der Waals surface area contributed by atoms with E-state index >= 15 is 0 Å². The number of nitrogens with zero attached hydrogens (tertiary/aromatic N) is 2. The second-order valence-electron chi connectivity index (χ2n) is 9.97. The van der Waals surface area contributed by atoms with E-state index in [9.17, 15) is 13.2 Å². The Kier molecular flexibility index (Phi) is 9.17. The van der Waals surface area contributed by atoms with Gasteiger partial charge in [-0.05, 0) is 60.7 Å². The summed E-state index contributed by atoms with van der Waals surface area (Å²) in [5, 5.41) is 0. The average Bonchev–Trinajstić information content (AvgIpc) is 2.96. The van der Waals surface area contributed by atoms with Crippen molar-refractivity contribution in [2.45, 2.75) is 43.8 Å². The van der Waals surface area contributed by atoms with Crippen LogP contribution in [-0.4, -0.2) is 59.6 Å². The molecule has 3 aromatic rings. The fourth-order valence-corrected chi connectivity index (χ4v) is 6.24. The third kappa shape index (κ3) is 6.74. The van der Waals surface area contributed by atoms with Crippen LogP contribution >= 0.6 is 0 Å². The molecule has 7 nitrogen and oxygen atoms in total. The Morgan fingerprint density at radius 2 is 1.51 bits per heavy atom. The highest BCUT2D eigenvalue weighted by atomic mass is 32.2. The first-order valence-electron chi connectivity index (χ1n) is 13.4. The summed E-state index contributed by atoms with van der Waals surface area (Å²) in [6.45, 7) is 6.39. The largest absolute Gasteiger partial charge is 0.493 e. The Labute approximate surface area is 232 Å². The van der Waals surface area contributed by atoms with Gasteiger partial charge < -0.3 is 19.3 Å². The van der Waals surface area contributed by atoms with Gasteiger partial charge in [-0.1, -0.05) is 43.7 Å². The molecule has 1 amide bonds. The van der Waals surface area contributed by atoms with E-state index in [-0.39, 0.29) is 16.6 Å². The van der Waals surface area contributed by atoms with Crippen LogP contribution in [0.3, 0.4) is 0 Å². The van der Waals surface area contributed by atoms with Gasteiger partial charge in [-0.15, -0.1) is 0 Å². The summed E-state index contributed by atoms with van der Waals surface area (Å²) >= 11 is 0. The first-order valence-corrected chi connectivity index (χ1v) is 15.1. The summed E-state index contributed by atoms with van der Waals surface area (Å²) in [7, 11) is -0.388. The molecular formula is C31H38N2O5S. The standard InChI is InChI=1S/C31H38N2O5S/c1-5-6-7-24-9-11-25(12-10-24)22-39(35,36)27-14-8-23(2)28(21-27)31(34)33-18-16-32(17-19-33)26-13-15-29(37-3)30(20-26)38-4/h8-15,20-21H,5-7,16-19,22H2,1-4H3. The maximum atomic E-state index is 13.5. The Balaban J connectivity index is 1.44. The predicted octanol–water partition coefficient (Wildman–Crippen LogP) is 5.29. The molecule has 0 spiro atoms. The van der Waals surface area contributed by atoms with Crippen LogP contribution in [0.4, 0.5) is 5.69 Å². The zero-order chi connectivity index (χ0) is 28.0. The molecule has 4 rings (SSSR count). The van der Waals surface area contributed by atoms with Crippen molar-refractivity contribution in [2.75, 3.05) is 45.3 Å². The maximum absolute atomic E-state index is 13.5. The third-order valence-corrected chi connectivity index (χ3v) is 8.98. The number of hydrogen-bond donors (Lipinski definition) is 0. The van der Waals surface area contributed by atoms with E-state index in [4.69, 9.17) is 9.47 Å². The topological polar surface area (TPSA) is 76.2 Å². The van der Waals surface area contributed by atoms with E-state index in [0.717, 1.165) is 36.1 Å². The normalized spacial score (nSPS) is 13.8. The van der Waals surface area contributed by atoms with Crippen LogP contribution in [0.1, 0.15) is 46.8 Å². The van der Waals surface area contributed by atoms with E-state index in [1.165, 1.54) is 5.56 Å². The Morgan fingerprint density at radius 3 is 2.15 bits per heavy atom. The van der Waals surface area contributed by atoms with E-state index in [0.29, 0.717) is 43.2 Å². The number of carbonyl (C=O) groups is 1. The highest BCUT2D eigenvalue weighted by Crippen LogP contribution is 2.32. The van der Waals surface area contributed by atoms with Crippen molar-refractivity contribution in [3.05, 3.63) is 82.9 Å². The van der Waals surface area contributed by atoms with Crippen molar-refractivity contribution in [3.63, 3.8) is 0 Å². The number of piperazine rings is 1. The van der Waals surface area contributed by atoms with Crippen molar-refractivity contribution >= 4 is 21.4 Å². The lowest BCUT2D eigenvalue weighted by Crippen LogP contribution is -2.49. The first kappa shape index (κ1) is 28.5. The van der Waals surface area contributed by atoms with Gasteiger partial charge in [0.05, 0.1) is 24.9 Å². The number of hydrogen-bond acceptors (Lipinski definition) is 6. The van der Waals surface area contributed by atoms with Gasteiger partial charge in [0.1, 0.15) is 0 Å². The van der Waals surface area contributed by atoms with Crippen LogP contribution in [0.5, 0.6) is 11.5 Å². The van der Waals surface area contributed by atoms with Crippen molar-refractivity contribution < 1.29 is 22.7 Å². The molecule has 1 aliphatic rings. The smallest absolute Gasteiger partial charge is 0.254 e. The number of unbranched alkanes of at least 4 members (excludes halogenated alkanes) is 1.